The lowest BCUT2D eigenvalue weighted by atomic mass is 10.0. The van der Waals surface area contributed by atoms with E-state index in [2.05, 4.69) is 15.1 Å². The van der Waals surface area contributed by atoms with E-state index >= 15 is 0 Å². The second-order valence-corrected chi connectivity index (χ2v) is 4.31. The molecule has 18 heavy (non-hydrogen) atoms. The quantitative estimate of drug-likeness (QED) is 0.874. The van der Waals surface area contributed by atoms with Crippen LogP contribution in [0.5, 0.6) is 0 Å². The number of hydrogen-bond acceptors (Lipinski definition) is 5. The van der Waals surface area contributed by atoms with Crippen molar-refractivity contribution in [1.82, 2.24) is 15.1 Å². The lowest BCUT2D eigenvalue weighted by Gasteiger charge is -2.11. The van der Waals surface area contributed by atoms with Gasteiger partial charge in [-0.25, -0.2) is 0 Å². The van der Waals surface area contributed by atoms with Gasteiger partial charge in [0.1, 0.15) is 0 Å². The Morgan fingerprint density at radius 2 is 2.22 bits per heavy atom. The molecule has 0 saturated carbocycles. The maximum atomic E-state index is 9.74. The minimum atomic E-state index is -0.451. The van der Waals surface area contributed by atoms with E-state index in [9.17, 15) is 5.11 Å². The van der Waals surface area contributed by atoms with Crippen molar-refractivity contribution in [3.8, 4) is 0 Å². The molecule has 2 unspecified atom stereocenters. The van der Waals surface area contributed by atoms with E-state index in [1.165, 1.54) is 0 Å². The number of rotatable bonds is 5. The summed E-state index contributed by atoms with van der Waals surface area (Å²) in [5.74, 6) is 0.939. The molecule has 0 aliphatic carbocycles. The van der Waals surface area contributed by atoms with Gasteiger partial charge in [-0.3, -0.25) is 4.98 Å². The van der Waals surface area contributed by atoms with Gasteiger partial charge in [0.2, 0.25) is 5.89 Å². The molecule has 2 atom stereocenters. The van der Waals surface area contributed by atoms with Crippen LogP contribution in [0, 0.1) is 0 Å². The molecule has 5 nitrogen and oxygen atoms in total. The Balaban J connectivity index is 2.07. The third kappa shape index (κ3) is 2.92. The Kier molecular flexibility index (Phi) is 4.04. The maximum absolute atomic E-state index is 9.74. The van der Waals surface area contributed by atoms with Gasteiger partial charge in [-0.2, -0.15) is 4.98 Å². The summed E-state index contributed by atoms with van der Waals surface area (Å²) in [5, 5.41) is 13.7. The van der Waals surface area contributed by atoms with E-state index in [0.717, 1.165) is 5.69 Å². The predicted molar refractivity (Wildman–Crippen MR) is 66.1 cm³/mol. The highest BCUT2D eigenvalue weighted by Crippen LogP contribution is 2.19. The van der Waals surface area contributed by atoms with Crippen LogP contribution in [0.1, 0.15) is 43.6 Å². The minimum absolute atomic E-state index is 0.139. The maximum Gasteiger partial charge on any atom is 0.232 e. The van der Waals surface area contributed by atoms with E-state index in [1.807, 2.05) is 32.0 Å². The van der Waals surface area contributed by atoms with E-state index in [4.69, 9.17) is 4.52 Å². The minimum Gasteiger partial charge on any atom is -0.392 e. The molecule has 0 saturated heterocycles. The van der Waals surface area contributed by atoms with Crippen LogP contribution in [0.4, 0.5) is 0 Å². The first-order valence-corrected chi connectivity index (χ1v) is 6.11. The Bertz CT molecular complexity index is 484. The normalized spacial score (nSPS) is 14.4. The zero-order valence-corrected chi connectivity index (χ0v) is 10.6. The summed E-state index contributed by atoms with van der Waals surface area (Å²) >= 11 is 0. The van der Waals surface area contributed by atoms with Crippen LogP contribution in [0.25, 0.3) is 0 Å². The summed E-state index contributed by atoms with van der Waals surface area (Å²) in [4.78, 5) is 8.51. The predicted octanol–water partition coefficient (Wildman–Crippen LogP) is 1.93. The lowest BCUT2D eigenvalue weighted by Crippen LogP contribution is -2.14. The molecule has 0 bridgehead atoms. The first-order chi connectivity index (χ1) is 8.70. The second kappa shape index (κ2) is 5.73. The summed E-state index contributed by atoms with van der Waals surface area (Å²) in [7, 11) is 0. The number of aliphatic hydroxyl groups is 1. The third-order valence-corrected chi connectivity index (χ3v) is 2.93. The average Bonchev–Trinajstić information content (AvgIpc) is 2.86. The highest BCUT2D eigenvalue weighted by atomic mass is 16.5. The van der Waals surface area contributed by atoms with E-state index in [0.29, 0.717) is 24.6 Å². The van der Waals surface area contributed by atoms with Crippen LogP contribution in [0.15, 0.2) is 28.9 Å². The van der Waals surface area contributed by atoms with Gasteiger partial charge in [0, 0.05) is 11.9 Å². The molecule has 1 N–H and O–H groups in total. The standard InChI is InChI=1S/C13H17N3O2/c1-3-11(17)9(2)13-15-12(16-18-13)8-10-6-4-5-7-14-10/h4-7,9,11,17H,3,8H2,1-2H3. The highest BCUT2D eigenvalue weighted by molar-refractivity contribution is 5.09. The fourth-order valence-corrected chi connectivity index (χ4v) is 1.71. The van der Waals surface area contributed by atoms with Crippen molar-refractivity contribution < 1.29 is 9.63 Å². The van der Waals surface area contributed by atoms with Crippen molar-refractivity contribution >= 4 is 0 Å². The molecule has 2 aromatic heterocycles. The molecule has 0 amide bonds. The fraction of sp³-hybridized carbons (Fsp3) is 0.462. The van der Waals surface area contributed by atoms with E-state index in [-0.39, 0.29) is 5.92 Å². The Morgan fingerprint density at radius 3 is 2.89 bits per heavy atom. The van der Waals surface area contributed by atoms with Gasteiger partial charge in [0.05, 0.1) is 18.4 Å². The highest BCUT2D eigenvalue weighted by Gasteiger charge is 2.20. The molecular formula is C13H17N3O2. The van der Waals surface area contributed by atoms with Crippen LogP contribution in [0.2, 0.25) is 0 Å². The van der Waals surface area contributed by atoms with Gasteiger partial charge in [-0.1, -0.05) is 25.1 Å². The summed E-state index contributed by atoms with van der Waals surface area (Å²) < 4.78 is 5.17. The van der Waals surface area contributed by atoms with Crippen molar-refractivity contribution in [1.29, 1.82) is 0 Å². The first kappa shape index (κ1) is 12.7. The van der Waals surface area contributed by atoms with Gasteiger partial charge in [0.25, 0.3) is 0 Å². The van der Waals surface area contributed by atoms with Crippen LogP contribution < -0.4 is 0 Å². The van der Waals surface area contributed by atoms with Crippen LogP contribution >= 0.6 is 0 Å². The Hall–Kier alpha value is -1.75. The zero-order chi connectivity index (χ0) is 13.0. The second-order valence-electron chi connectivity index (χ2n) is 4.31. The molecule has 96 valence electrons. The lowest BCUT2D eigenvalue weighted by molar-refractivity contribution is 0.129. The number of aliphatic hydroxyl groups excluding tert-OH is 1. The van der Waals surface area contributed by atoms with Crippen LogP contribution in [-0.2, 0) is 6.42 Å². The topological polar surface area (TPSA) is 72.0 Å². The molecule has 0 aliphatic heterocycles. The molecule has 5 heteroatoms. The molecule has 0 spiro atoms. The molecule has 2 rings (SSSR count). The largest absolute Gasteiger partial charge is 0.392 e. The number of hydrogen-bond donors (Lipinski definition) is 1. The fourth-order valence-electron chi connectivity index (χ4n) is 1.71. The summed E-state index contributed by atoms with van der Waals surface area (Å²) in [6, 6.07) is 5.71. The van der Waals surface area contributed by atoms with E-state index in [1.54, 1.807) is 6.20 Å². The van der Waals surface area contributed by atoms with Gasteiger partial charge in [0.15, 0.2) is 5.82 Å². The van der Waals surface area contributed by atoms with Crippen molar-refractivity contribution in [2.24, 2.45) is 0 Å². The molecule has 2 aromatic rings. The number of nitrogens with zero attached hydrogens (tertiary/aromatic N) is 3. The average molecular weight is 247 g/mol. The molecular weight excluding hydrogens is 230 g/mol. The molecule has 0 fully saturated rings. The van der Waals surface area contributed by atoms with Crippen LogP contribution in [-0.4, -0.2) is 26.3 Å². The Morgan fingerprint density at radius 1 is 1.39 bits per heavy atom. The molecule has 0 aliphatic rings. The zero-order valence-electron chi connectivity index (χ0n) is 10.6. The number of pyridine rings is 1. The summed E-state index contributed by atoms with van der Waals surface area (Å²) in [6.07, 6.45) is 2.49. The van der Waals surface area contributed by atoms with Gasteiger partial charge in [-0.05, 0) is 18.6 Å². The summed E-state index contributed by atoms with van der Waals surface area (Å²) in [6.45, 7) is 3.80. The van der Waals surface area contributed by atoms with Crippen molar-refractivity contribution in [3.63, 3.8) is 0 Å². The Labute approximate surface area is 106 Å². The van der Waals surface area contributed by atoms with E-state index < -0.39 is 6.10 Å². The van der Waals surface area contributed by atoms with Crippen molar-refractivity contribution in [2.45, 2.75) is 38.7 Å². The monoisotopic (exact) mass is 247 g/mol. The van der Waals surface area contributed by atoms with Crippen molar-refractivity contribution in [2.75, 3.05) is 0 Å². The smallest absolute Gasteiger partial charge is 0.232 e. The SMILES string of the molecule is CCC(O)C(C)c1nc(Cc2ccccn2)no1. The number of aromatic nitrogens is 3. The van der Waals surface area contributed by atoms with Crippen molar-refractivity contribution in [3.05, 3.63) is 41.8 Å². The van der Waals surface area contributed by atoms with Gasteiger partial charge in [-0.15, -0.1) is 0 Å². The molecule has 2 heterocycles. The molecule has 0 aromatic carbocycles. The first-order valence-electron chi connectivity index (χ1n) is 6.11. The van der Waals surface area contributed by atoms with Gasteiger partial charge < -0.3 is 9.63 Å². The van der Waals surface area contributed by atoms with Crippen LogP contribution in [0.3, 0.4) is 0 Å². The summed E-state index contributed by atoms with van der Waals surface area (Å²) in [5.41, 5.74) is 0.897. The van der Waals surface area contributed by atoms with Gasteiger partial charge >= 0.3 is 0 Å². The third-order valence-electron chi connectivity index (χ3n) is 2.93. The molecule has 0 radical (unpaired) electrons.